The molecule has 1 saturated heterocycles. The second kappa shape index (κ2) is 9.67. The van der Waals surface area contributed by atoms with E-state index in [-0.39, 0.29) is 17.3 Å². The topological polar surface area (TPSA) is 122 Å². The molecule has 0 aliphatic carbocycles. The first-order chi connectivity index (χ1) is 15.8. The highest BCUT2D eigenvalue weighted by Crippen LogP contribution is 2.25. The summed E-state index contributed by atoms with van der Waals surface area (Å²) in [6, 6.07) is 12.3. The van der Waals surface area contributed by atoms with Crippen molar-refractivity contribution in [2.75, 3.05) is 30.3 Å². The monoisotopic (exact) mass is 469 g/mol. The van der Waals surface area contributed by atoms with Crippen LogP contribution in [0.25, 0.3) is 11.4 Å². The first kappa shape index (κ1) is 22.9. The zero-order valence-corrected chi connectivity index (χ0v) is 19.5. The molecule has 0 unspecified atom stereocenters. The molecule has 2 aromatic carbocycles. The van der Waals surface area contributed by atoms with Gasteiger partial charge in [-0.15, -0.1) is 5.10 Å². The molecular weight excluding hydrogens is 442 g/mol. The highest BCUT2D eigenvalue weighted by Gasteiger charge is 2.26. The van der Waals surface area contributed by atoms with Crippen molar-refractivity contribution in [3.05, 3.63) is 48.0 Å². The quantitative estimate of drug-likeness (QED) is 0.545. The summed E-state index contributed by atoms with van der Waals surface area (Å²) in [6.45, 7) is 2.92. The minimum Gasteiger partial charge on any atom is -0.376 e. The molecule has 0 radical (unpaired) electrons. The van der Waals surface area contributed by atoms with Crippen LogP contribution < -0.4 is 10.6 Å². The third kappa shape index (κ3) is 5.20. The number of tetrazole rings is 1. The Kier molecular flexibility index (Phi) is 6.70. The number of aromatic nitrogens is 4. The summed E-state index contributed by atoms with van der Waals surface area (Å²) in [5, 5.41) is 17.4. The number of benzene rings is 2. The van der Waals surface area contributed by atoms with Crippen molar-refractivity contribution in [1.29, 1.82) is 0 Å². The van der Waals surface area contributed by atoms with Crippen LogP contribution in [0.5, 0.6) is 0 Å². The van der Waals surface area contributed by atoms with Gasteiger partial charge in [-0.2, -0.15) is 4.31 Å². The van der Waals surface area contributed by atoms with Crippen LogP contribution in [0, 0.1) is 6.92 Å². The van der Waals surface area contributed by atoms with Gasteiger partial charge in [0.25, 0.3) is 0 Å². The van der Waals surface area contributed by atoms with Gasteiger partial charge in [-0.05, 0) is 60.0 Å². The average molecular weight is 470 g/mol. The van der Waals surface area contributed by atoms with Gasteiger partial charge < -0.3 is 10.6 Å². The second-order valence-corrected chi connectivity index (χ2v) is 9.99. The summed E-state index contributed by atoms with van der Waals surface area (Å²) in [5.74, 6) is 0.335. The van der Waals surface area contributed by atoms with Gasteiger partial charge in [0.15, 0.2) is 5.82 Å². The molecule has 1 amide bonds. The van der Waals surface area contributed by atoms with Crippen molar-refractivity contribution >= 4 is 27.3 Å². The van der Waals surface area contributed by atoms with Gasteiger partial charge in [0, 0.05) is 37.1 Å². The van der Waals surface area contributed by atoms with E-state index in [2.05, 4.69) is 26.2 Å². The van der Waals surface area contributed by atoms with E-state index in [1.165, 1.54) is 4.31 Å². The largest absolute Gasteiger partial charge is 0.376 e. The average Bonchev–Trinajstić information content (AvgIpc) is 3.25. The summed E-state index contributed by atoms with van der Waals surface area (Å²) >= 11 is 0. The van der Waals surface area contributed by atoms with Gasteiger partial charge in [-0.3, -0.25) is 4.79 Å². The SMILES string of the molecule is Cc1ccc(S(=O)(=O)N2CCCCC2)cc1NC(=O)CNc1cccc(-c2nnnn2C)c1. The molecule has 0 saturated carbocycles. The molecule has 174 valence electrons. The molecule has 0 atom stereocenters. The first-order valence-corrected chi connectivity index (χ1v) is 12.3. The number of aryl methyl sites for hydroxylation is 2. The first-order valence-electron chi connectivity index (χ1n) is 10.8. The molecule has 4 rings (SSSR count). The van der Waals surface area contributed by atoms with Crippen molar-refractivity contribution in [1.82, 2.24) is 24.5 Å². The van der Waals surface area contributed by atoms with E-state index in [0.717, 1.165) is 36.1 Å². The molecule has 3 aromatic rings. The van der Waals surface area contributed by atoms with E-state index in [4.69, 9.17) is 0 Å². The Morgan fingerprint density at radius 3 is 2.61 bits per heavy atom. The lowest BCUT2D eigenvalue weighted by Gasteiger charge is -2.26. The Hall–Kier alpha value is -3.31. The third-order valence-corrected chi connectivity index (χ3v) is 7.52. The van der Waals surface area contributed by atoms with Crippen LogP contribution in [0.15, 0.2) is 47.4 Å². The highest BCUT2D eigenvalue weighted by atomic mass is 32.2. The standard InChI is InChI=1S/C22H27N7O3S/c1-16-9-10-19(33(31,32)29-11-4-3-5-12-29)14-20(16)24-21(30)15-23-18-8-6-7-17(13-18)22-25-26-27-28(22)2/h6-10,13-14,23H,3-5,11-12,15H2,1-2H3,(H,24,30). The van der Waals surface area contributed by atoms with E-state index in [9.17, 15) is 13.2 Å². The molecule has 1 aliphatic rings. The number of rotatable bonds is 7. The number of carbonyl (C=O) groups excluding carboxylic acids is 1. The maximum Gasteiger partial charge on any atom is 0.243 e. The second-order valence-electron chi connectivity index (χ2n) is 8.05. The van der Waals surface area contributed by atoms with Crippen molar-refractivity contribution in [3.8, 4) is 11.4 Å². The predicted molar refractivity (Wildman–Crippen MR) is 125 cm³/mol. The molecule has 33 heavy (non-hydrogen) atoms. The molecule has 0 spiro atoms. The fraction of sp³-hybridized carbons (Fsp3) is 0.364. The number of anilines is 2. The molecule has 10 nitrogen and oxygen atoms in total. The Balaban J connectivity index is 1.43. The number of hydrogen-bond acceptors (Lipinski definition) is 7. The van der Waals surface area contributed by atoms with E-state index < -0.39 is 10.0 Å². The zero-order chi connectivity index (χ0) is 23.4. The molecule has 2 heterocycles. The molecule has 1 aromatic heterocycles. The summed E-state index contributed by atoms with van der Waals surface area (Å²) < 4.78 is 29.1. The van der Waals surface area contributed by atoms with Crippen molar-refractivity contribution in [2.24, 2.45) is 7.05 Å². The normalized spacial score (nSPS) is 14.7. The van der Waals surface area contributed by atoms with Crippen LogP contribution in [0.3, 0.4) is 0 Å². The van der Waals surface area contributed by atoms with E-state index in [1.54, 1.807) is 29.9 Å². The number of piperidine rings is 1. The van der Waals surface area contributed by atoms with Crippen molar-refractivity contribution < 1.29 is 13.2 Å². The van der Waals surface area contributed by atoms with Crippen LogP contribution in [0.2, 0.25) is 0 Å². The fourth-order valence-corrected chi connectivity index (χ4v) is 5.31. The van der Waals surface area contributed by atoms with Gasteiger partial charge in [-0.1, -0.05) is 24.6 Å². The predicted octanol–water partition coefficient (Wildman–Crippen LogP) is 2.41. The fourth-order valence-electron chi connectivity index (χ4n) is 3.77. The van der Waals surface area contributed by atoms with E-state index >= 15 is 0 Å². The number of amides is 1. The van der Waals surface area contributed by atoms with Crippen molar-refractivity contribution in [2.45, 2.75) is 31.1 Å². The molecule has 2 N–H and O–H groups in total. The Morgan fingerprint density at radius 1 is 1.09 bits per heavy atom. The summed E-state index contributed by atoms with van der Waals surface area (Å²) in [6.07, 6.45) is 2.79. The number of hydrogen-bond donors (Lipinski definition) is 2. The van der Waals surface area contributed by atoms with Crippen LogP contribution in [0.1, 0.15) is 24.8 Å². The van der Waals surface area contributed by atoms with E-state index in [1.807, 2.05) is 31.2 Å². The molecule has 1 fully saturated rings. The summed E-state index contributed by atoms with van der Waals surface area (Å²) in [7, 11) is -1.82. The Bertz CT molecular complexity index is 1250. The maximum absolute atomic E-state index is 13.0. The Morgan fingerprint density at radius 2 is 1.88 bits per heavy atom. The third-order valence-electron chi connectivity index (χ3n) is 5.63. The smallest absolute Gasteiger partial charge is 0.243 e. The number of nitrogens with zero attached hydrogens (tertiary/aromatic N) is 5. The molecule has 1 aliphatic heterocycles. The van der Waals surface area contributed by atoms with Gasteiger partial charge in [0.05, 0.1) is 11.4 Å². The van der Waals surface area contributed by atoms with Crippen LogP contribution in [-0.2, 0) is 21.9 Å². The van der Waals surface area contributed by atoms with Crippen LogP contribution in [-0.4, -0.2) is 58.5 Å². The minimum absolute atomic E-state index is 0.0169. The number of sulfonamides is 1. The lowest BCUT2D eigenvalue weighted by atomic mass is 10.2. The van der Waals surface area contributed by atoms with Gasteiger partial charge in [0.2, 0.25) is 15.9 Å². The summed E-state index contributed by atoms with van der Waals surface area (Å²) in [5.41, 5.74) is 2.83. The number of nitrogens with one attached hydrogen (secondary N) is 2. The zero-order valence-electron chi connectivity index (χ0n) is 18.7. The minimum atomic E-state index is -3.57. The van der Waals surface area contributed by atoms with Crippen LogP contribution >= 0.6 is 0 Å². The highest BCUT2D eigenvalue weighted by molar-refractivity contribution is 7.89. The summed E-state index contributed by atoms with van der Waals surface area (Å²) in [4.78, 5) is 12.8. The molecule has 11 heteroatoms. The molecular formula is C22H27N7O3S. The van der Waals surface area contributed by atoms with Crippen LogP contribution in [0.4, 0.5) is 11.4 Å². The van der Waals surface area contributed by atoms with Gasteiger partial charge in [-0.25, -0.2) is 13.1 Å². The van der Waals surface area contributed by atoms with Crippen molar-refractivity contribution in [3.63, 3.8) is 0 Å². The maximum atomic E-state index is 13.0. The van der Waals surface area contributed by atoms with Gasteiger partial charge in [0.1, 0.15) is 0 Å². The van der Waals surface area contributed by atoms with Gasteiger partial charge >= 0.3 is 0 Å². The Labute approximate surface area is 193 Å². The lowest BCUT2D eigenvalue weighted by Crippen LogP contribution is -2.35. The van der Waals surface area contributed by atoms with E-state index in [0.29, 0.717) is 24.6 Å². The number of carbonyl (C=O) groups is 1. The lowest BCUT2D eigenvalue weighted by molar-refractivity contribution is -0.114. The molecule has 0 bridgehead atoms.